The molecule has 0 fully saturated rings. The standard InChI is InChI=1S/C16H26ClNO/c1-5-10-18-11-16(19-13(4)12(2)3)14-8-6-7-9-15(14)17/h6-9,12-13,16,18H,5,10-11H2,1-4H3. The molecule has 1 aromatic carbocycles. The minimum atomic E-state index is 0.0117. The lowest BCUT2D eigenvalue weighted by Gasteiger charge is -2.26. The molecule has 3 heteroatoms. The lowest BCUT2D eigenvalue weighted by atomic mass is 10.1. The highest BCUT2D eigenvalue weighted by Gasteiger charge is 2.19. The van der Waals surface area contributed by atoms with E-state index in [-0.39, 0.29) is 12.2 Å². The van der Waals surface area contributed by atoms with Crippen molar-refractivity contribution in [1.29, 1.82) is 0 Å². The Balaban J connectivity index is 2.77. The Bertz CT molecular complexity index is 368. The van der Waals surface area contributed by atoms with Gasteiger partial charge in [0.15, 0.2) is 0 Å². The number of benzene rings is 1. The summed E-state index contributed by atoms with van der Waals surface area (Å²) in [6, 6.07) is 7.94. The first-order valence-electron chi connectivity index (χ1n) is 7.16. The highest BCUT2D eigenvalue weighted by Crippen LogP contribution is 2.27. The van der Waals surface area contributed by atoms with Gasteiger partial charge in [0.2, 0.25) is 0 Å². The molecule has 0 aliphatic rings. The van der Waals surface area contributed by atoms with Gasteiger partial charge >= 0.3 is 0 Å². The fraction of sp³-hybridized carbons (Fsp3) is 0.625. The van der Waals surface area contributed by atoms with Gasteiger partial charge in [-0.25, -0.2) is 0 Å². The molecule has 1 aromatic rings. The molecular formula is C16H26ClNO. The topological polar surface area (TPSA) is 21.3 Å². The highest BCUT2D eigenvalue weighted by molar-refractivity contribution is 6.31. The molecule has 0 bridgehead atoms. The first-order chi connectivity index (χ1) is 9.06. The van der Waals surface area contributed by atoms with Gasteiger partial charge < -0.3 is 10.1 Å². The van der Waals surface area contributed by atoms with Gasteiger partial charge in [0.1, 0.15) is 0 Å². The van der Waals surface area contributed by atoms with Crippen molar-refractivity contribution in [2.45, 2.75) is 46.3 Å². The third-order valence-electron chi connectivity index (χ3n) is 3.33. The monoisotopic (exact) mass is 283 g/mol. The van der Waals surface area contributed by atoms with E-state index in [1.54, 1.807) is 0 Å². The number of hydrogen-bond acceptors (Lipinski definition) is 2. The van der Waals surface area contributed by atoms with Crippen LogP contribution in [0.15, 0.2) is 24.3 Å². The number of rotatable bonds is 8. The van der Waals surface area contributed by atoms with Gasteiger partial charge in [-0.3, -0.25) is 0 Å². The van der Waals surface area contributed by atoms with Crippen LogP contribution in [0.1, 0.15) is 45.8 Å². The quantitative estimate of drug-likeness (QED) is 0.712. The summed E-state index contributed by atoms with van der Waals surface area (Å²) in [4.78, 5) is 0. The van der Waals surface area contributed by atoms with E-state index in [4.69, 9.17) is 16.3 Å². The van der Waals surface area contributed by atoms with Crippen LogP contribution in [0.3, 0.4) is 0 Å². The molecule has 0 amide bonds. The summed E-state index contributed by atoms with van der Waals surface area (Å²) in [5.41, 5.74) is 1.07. The Labute approximate surface area is 122 Å². The van der Waals surface area contributed by atoms with Crippen molar-refractivity contribution in [3.05, 3.63) is 34.9 Å². The molecule has 1 rings (SSSR count). The molecule has 19 heavy (non-hydrogen) atoms. The molecular weight excluding hydrogens is 258 g/mol. The van der Waals surface area contributed by atoms with Crippen molar-refractivity contribution in [3.63, 3.8) is 0 Å². The number of ether oxygens (including phenoxy) is 1. The van der Waals surface area contributed by atoms with Crippen LogP contribution in [0.2, 0.25) is 5.02 Å². The van der Waals surface area contributed by atoms with Crippen LogP contribution in [-0.2, 0) is 4.74 Å². The molecule has 0 heterocycles. The van der Waals surface area contributed by atoms with Crippen LogP contribution in [0.4, 0.5) is 0 Å². The summed E-state index contributed by atoms with van der Waals surface area (Å²) >= 11 is 6.29. The van der Waals surface area contributed by atoms with E-state index in [2.05, 4.69) is 33.0 Å². The van der Waals surface area contributed by atoms with Crippen LogP contribution in [0, 0.1) is 5.92 Å². The molecule has 0 saturated heterocycles. The summed E-state index contributed by atoms with van der Waals surface area (Å²) in [5, 5.41) is 4.20. The second-order valence-electron chi connectivity index (χ2n) is 5.30. The molecule has 108 valence electrons. The van der Waals surface area contributed by atoms with Crippen molar-refractivity contribution < 1.29 is 4.74 Å². The van der Waals surface area contributed by atoms with Crippen molar-refractivity contribution in [2.75, 3.05) is 13.1 Å². The summed E-state index contributed by atoms with van der Waals surface area (Å²) in [7, 11) is 0. The molecule has 0 aliphatic carbocycles. The Kier molecular flexibility index (Phi) is 7.44. The first-order valence-corrected chi connectivity index (χ1v) is 7.54. The summed E-state index contributed by atoms with van der Waals surface area (Å²) in [6.07, 6.45) is 1.34. The lowest BCUT2D eigenvalue weighted by Crippen LogP contribution is -2.28. The third-order valence-corrected chi connectivity index (χ3v) is 3.67. The van der Waals surface area contributed by atoms with E-state index in [0.29, 0.717) is 5.92 Å². The Morgan fingerprint density at radius 2 is 1.89 bits per heavy atom. The maximum atomic E-state index is 6.29. The van der Waals surface area contributed by atoms with Crippen LogP contribution in [0.5, 0.6) is 0 Å². The van der Waals surface area contributed by atoms with Crippen LogP contribution in [0.25, 0.3) is 0 Å². The van der Waals surface area contributed by atoms with E-state index in [1.165, 1.54) is 0 Å². The van der Waals surface area contributed by atoms with Crippen LogP contribution >= 0.6 is 11.6 Å². The maximum Gasteiger partial charge on any atom is 0.0967 e. The average molecular weight is 284 g/mol. The zero-order valence-electron chi connectivity index (χ0n) is 12.4. The fourth-order valence-corrected chi connectivity index (χ4v) is 2.05. The van der Waals surface area contributed by atoms with E-state index >= 15 is 0 Å². The highest BCUT2D eigenvalue weighted by atomic mass is 35.5. The van der Waals surface area contributed by atoms with Crippen molar-refractivity contribution in [1.82, 2.24) is 5.32 Å². The molecule has 2 atom stereocenters. The molecule has 0 radical (unpaired) electrons. The SMILES string of the molecule is CCCNCC(OC(C)C(C)C)c1ccccc1Cl. The Morgan fingerprint density at radius 1 is 1.21 bits per heavy atom. The van der Waals surface area contributed by atoms with Gasteiger partial charge in [-0.15, -0.1) is 0 Å². The van der Waals surface area contributed by atoms with E-state index < -0.39 is 0 Å². The van der Waals surface area contributed by atoms with Gasteiger partial charge in [0, 0.05) is 17.1 Å². The molecule has 0 aliphatic heterocycles. The summed E-state index contributed by atoms with van der Waals surface area (Å²) in [5.74, 6) is 0.496. The van der Waals surface area contributed by atoms with E-state index in [1.807, 2.05) is 24.3 Å². The fourth-order valence-electron chi connectivity index (χ4n) is 1.79. The van der Waals surface area contributed by atoms with Gasteiger partial charge in [-0.2, -0.15) is 0 Å². The zero-order chi connectivity index (χ0) is 14.3. The van der Waals surface area contributed by atoms with Gasteiger partial charge in [0.25, 0.3) is 0 Å². The predicted molar refractivity (Wildman–Crippen MR) is 82.7 cm³/mol. The van der Waals surface area contributed by atoms with Gasteiger partial charge in [-0.05, 0) is 31.9 Å². The normalized spacial score (nSPS) is 14.6. The maximum absolute atomic E-state index is 6.29. The number of halogens is 1. The predicted octanol–water partition coefficient (Wildman–Crippen LogP) is 4.44. The van der Waals surface area contributed by atoms with Crippen molar-refractivity contribution in [2.24, 2.45) is 5.92 Å². The minimum Gasteiger partial charge on any atom is -0.369 e. The minimum absolute atomic E-state index is 0.0117. The van der Waals surface area contributed by atoms with E-state index in [9.17, 15) is 0 Å². The largest absolute Gasteiger partial charge is 0.369 e. The lowest BCUT2D eigenvalue weighted by molar-refractivity contribution is -0.0258. The average Bonchev–Trinajstić information content (AvgIpc) is 2.38. The third kappa shape index (κ3) is 5.52. The molecule has 2 unspecified atom stereocenters. The Morgan fingerprint density at radius 3 is 2.47 bits per heavy atom. The van der Waals surface area contributed by atoms with Gasteiger partial charge in [-0.1, -0.05) is 50.6 Å². The summed E-state index contributed by atoms with van der Waals surface area (Å²) < 4.78 is 6.18. The van der Waals surface area contributed by atoms with Crippen LogP contribution < -0.4 is 5.32 Å². The van der Waals surface area contributed by atoms with Crippen LogP contribution in [-0.4, -0.2) is 19.2 Å². The second-order valence-corrected chi connectivity index (χ2v) is 5.71. The van der Waals surface area contributed by atoms with Crippen molar-refractivity contribution >= 4 is 11.6 Å². The van der Waals surface area contributed by atoms with E-state index in [0.717, 1.165) is 30.1 Å². The second kappa shape index (κ2) is 8.57. The van der Waals surface area contributed by atoms with Gasteiger partial charge in [0.05, 0.1) is 12.2 Å². The Hall–Kier alpha value is -0.570. The molecule has 0 aromatic heterocycles. The molecule has 0 saturated carbocycles. The first kappa shape index (κ1) is 16.5. The molecule has 2 nitrogen and oxygen atoms in total. The zero-order valence-corrected chi connectivity index (χ0v) is 13.2. The molecule has 0 spiro atoms. The summed E-state index contributed by atoms with van der Waals surface area (Å²) in [6.45, 7) is 10.4. The number of nitrogens with one attached hydrogen (secondary N) is 1. The van der Waals surface area contributed by atoms with Crippen molar-refractivity contribution in [3.8, 4) is 0 Å². The molecule has 1 N–H and O–H groups in total. The number of hydrogen-bond donors (Lipinski definition) is 1. The smallest absolute Gasteiger partial charge is 0.0967 e.